The SMILES string of the molecule is CCOC(=O)CCC=CC1=C(Cl)CC(C)CC1. The number of ether oxygens (including phenoxy) is 1. The summed E-state index contributed by atoms with van der Waals surface area (Å²) in [4.78, 5) is 11.1. The molecule has 0 bridgehead atoms. The highest BCUT2D eigenvalue weighted by molar-refractivity contribution is 6.30. The second-order valence-corrected chi connectivity index (χ2v) is 4.98. The third-order valence-corrected chi connectivity index (χ3v) is 3.32. The second-order valence-electron chi connectivity index (χ2n) is 4.52. The van der Waals surface area contributed by atoms with Gasteiger partial charge in [-0.25, -0.2) is 0 Å². The largest absolute Gasteiger partial charge is 0.466 e. The van der Waals surface area contributed by atoms with E-state index in [0.717, 1.165) is 24.3 Å². The fraction of sp³-hybridized carbons (Fsp3) is 0.643. The predicted molar refractivity (Wildman–Crippen MR) is 70.9 cm³/mol. The minimum atomic E-state index is -0.130. The molecule has 0 aliphatic heterocycles. The summed E-state index contributed by atoms with van der Waals surface area (Å²) in [6.45, 7) is 4.50. The summed E-state index contributed by atoms with van der Waals surface area (Å²) in [5.74, 6) is 0.564. The molecule has 0 aromatic heterocycles. The molecule has 0 aromatic rings. The van der Waals surface area contributed by atoms with Crippen LogP contribution >= 0.6 is 11.6 Å². The molecule has 0 N–H and O–H groups in total. The van der Waals surface area contributed by atoms with E-state index in [0.29, 0.717) is 18.9 Å². The Kier molecular flexibility index (Phi) is 6.35. The van der Waals surface area contributed by atoms with Crippen LogP contribution in [0.5, 0.6) is 0 Å². The molecule has 0 amide bonds. The molecule has 0 spiro atoms. The average molecular weight is 257 g/mol. The lowest BCUT2D eigenvalue weighted by molar-refractivity contribution is -0.142. The molecule has 17 heavy (non-hydrogen) atoms. The fourth-order valence-electron chi connectivity index (χ4n) is 1.91. The van der Waals surface area contributed by atoms with E-state index in [1.54, 1.807) is 0 Å². The summed E-state index contributed by atoms with van der Waals surface area (Å²) >= 11 is 6.21. The summed E-state index contributed by atoms with van der Waals surface area (Å²) in [5.41, 5.74) is 1.23. The molecular weight excluding hydrogens is 236 g/mol. The number of carbonyl (C=O) groups is 1. The van der Waals surface area contributed by atoms with Gasteiger partial charge in [0.25, 0.3) is 0 Å². The number of hydrogen-bond acceptors (Lipinski definition) is 2. The van der Waals surface area contributed by atoms with Crippen molar-refractivity contribution < 1.29 is 9.53 Å². The van der Waals surface area contributed by atoms with Crippen LogP contribution in [-0.2, 0) is 9.53 Å². The predicted octanol–water partition coefficient (Wildman–Crippen LogP) is 4.20. The average Bonchev–Trinajstić information content (AvgIpc) is 2.27. The van der Waals surface area contributed by atoms with Gasteiger partial charge < -0.3 is 4.74 Å². The lowest BCUT2D eigenvalue weighted by Gasteiger charge is -2.19. The fourth-order valence-corrected chi connectivity index (χ4v) is 2.33. The minimum Gasteiger partial charge on any atom is -0.466 e. The molecule has 0 heterocycles. The van der Waals surface area contributed by atoms with E-state index in [-0.39, 0.29) is 5.97 Å². The number of halogens is 1. The summed E-state index contributed by atoms with van der Waals surface area (Å²) in [6, 6.07) is 0. The first kappa shape index (κ1) is 14.3. The first-order valence-electron chi connectivity index (χ1n) is 6.33. The van der Waals surface area contributed by atoms with Crippen molar-refractivity contribution in [2.75, 3.05) is 6.61 Å². The number of esters is 1. The Labute approximate surface area is 109 Å². The zero-order chi connectivity index (χ0) is 12.7. The molecule has 0 aromatic carbocycles. The van der Waals surface area contributed by atoms with Crippen LogP contribution in [0.2, 0.25) is 0 Å². The number of carbonyl (C=O) groups excluding carboxylic acids is 1. The van der Waals surface area contributed by atoms with E-state index >= 15 is 0 Å². The maximum absolute atomic E-state index is 11.1. The molecule has 0 fully saturated rings. The Morgan fingerprint density at radius 3 is 3.00 bits per heavy atom. The van der Waals surface area contributed by atoms with Crippen molar-refractivity contribution >= 4 is 17.6 Å². The molecule has 96 valence electrons. The zero-order valence-corrected chi connectivity index (χ0v) is 11.4. The summed E-state index contributed by atoms with van der Waals surface area (Å²) in [6.07, 6.45) is 8.49. The molecule has 0 saturated heterocycles. The van der Waals surface area contributed by atoms with E-state index in [9.17, 15) is 4.79 Å². The third kappa shape index (κ3) is 5.40. The van der Waals surface area contributed by atoms with Gasteiger partial charge in [0.05, 0.1) is 6.61 Å². The monoisotopic (exact) mass is 256 g/mol. The van der Waals surface area contributed by atoms with Crippen molar-refractivity contribution in [1.82, 2.24) is 0 Å². The molecular formula is C14H21ClO2. The number of hydrogen-bond donors (Lipinski definition) is 0. The molecule has 1 unspecified atom stereocenters. The van der Waals surface area contributed by atoms with Crippen LogP contribution < -0.4 is 0 Å². The Morgan fingerprint density at radius 1 is 1.59 bits per heavy atom. The maximum Gasteiger partial charge on any atom is 0.306 e. The highest BCUT2D eigenvalue weighted by Crippen LogP contribution is 2.32. The van der Waals surface area contributed by atoms with E-state index in [1.807, 2.05) is 13.0 Å². The smallest absolute Gasteiger partial charge is 0.306 e. The molecule has 0 saturated carbocycles. The normalized spacial score (nSPS) is 21.0. The van der Waals surface area contributed by atoms with Crippen molar-refractivity contribution in [3.63, 3.8) is 0 Å². The van der Waals surface area contributed by atoms with Crippen LogP contribution in [0, 0.1) is 5.92 Å². The second kappa shape index (κ2) is 7.54. The van der Waals surface area contributed by atoms with Crippen LogP contribution in [0.4, 0.5) is 0 Å². The van der Waals surface area contributed by atoms with E-state index in [2.05, 4.69) is 13.0 Å². The van der Waals surface area contributed by atoms with Gasteiger partial charge in [0, 0.05) is 11.5 Å². The topological polar surface area (TPSA) is 26.3 Å². The Balaban J connectivity index is 2.33. The van der Waals surface area contributed by atoms with E-state index in [4.69, 9.17) is 16.3 Å². The lowest BCUT2D eigenvalue weighted by Crippen LogP contribution is -2.04. The van der Waals surface area contributed by atoms with Crippen molar-refractivity contribution in [2.24, 2.45) is 5.92 Å². The van der Waals surface area contributed by atoms with Gasteiger partial charge in [0.15, 0.2) is 0 Å². The highest BCUT2D eigenvalue weighted by Gasteiger charge is 2.14. The standard InChI is InChI=1S/C14H21ClO2/c1-3-17-14(16)7-5-4-6-12-9-8-11(2)10-13(12)15/h4,6,11H,3,5,7-10H2,1-2H3. The zero-order valence-electron chi connectivity index (χ0n) is 10.7. The summed E-state index contributed by atoms with van der Waals surface area (Å²) < 4.78 is 4.86. The van der Waals surface area contributed by atoms with Gasteiger partial charge in [-0.2, -0.15) is 0 Å². The van der Waals surface area contributed by atoms with Crippen molar-refractivity contribution in [1.29, 1.82) is 0 Å². The van der Waals surface area contributed by atoms with Crippen molar-refractivity contribution in [3.8, 4) is 0 Å². The quantitative estimate of drug-likeness (QED) is 0.689. The molecule has 3 heteroatoms. The highest BCUT2D eigenvalue weighted by atomic mass is 35.5. The molecule has 1 aliphatic carbocycles. The van der Waals surface area contributed by atoms with Crippen LogP contribution in [0.1, 0.15) is 46.0 Å². The maximum atomic E-state index is 11.1. The molecule has 1 rings (SSSR count). The van der Waals surface area contributed by atoms with Gasteiger partial charge in [-0.1, -0.05) is 30.7 Å². The molecule has 1 aliphatic rings. The van der Waals surface area contributed by atoms with Gasteiger partial charge in [-0.15, -0.1) is 0 Å². The minimum absolute atomic E-state index is 0.130. The van der Waals surface area contributed by atoms with Crippen molar-refractivity contribution in [2.45, 2.75) is 46.0 Å². The molecule has 1 atom stereocenters. The Bertz CT molecular complexity index is 318. The first-order valence-corrected chi connectivity index (χ1v) is 6.71. The molecule has 2 nitrogen and oxygen atoms in total. The number of allylic oxidation sites excluding steroid dienone is 4. The van der Waals surface area contributed by atoms with Gasteiger partial charge >= 0.3 is 5.97 Å². The lowest BCUT2D eigenvalue weighted by atomic mass is 9.90. The van der Waals surface area contributed by atoms with Gasteiger partial charge in [0.2, 0.25) is 0 Å². The third-order valence-electron chi connectivity index (χ3n) is 2.92. The van der Waals surface area contributed by atoms with Crippen LogP contribution in [0.25, 0.3) is 0 Å². The van der Waals surface area contributed by atoms with E-state index in [1.165, 1.54) is 12.0 Å². The van der Waals surface area contributed by atoms with Crippen LogP contribution in [-0.4, -0.2) is 12.6 Å². The van der Waals surface area contributed by atoms with Crippen LogP contribution in [0.15, 0.2) is 22.8 Å². The molecule has 0 radical (unpaired) electrons. The van der Waals surface area contributed by atoms with Gasteiger partial charge in [-0.3, -0.25) is 4.79 Å². The van der Waals surface area contributed by atoms with Crippen LogP contribution in [0.3, 0.4) is 0 Å². The Morgan fingerprint density at radius 2 is 2.35 bits per heavy atom. The van der Waals surface area contributed by atoms with Crippen molar-refractivity contribution in [3.05, 3.63) is 22.8 Å². The summed E-state index contributed by atoms with van der Waals surface area (Å²) in [7, 11) is 0. The number of rotatable bonds is 5. The first-order chi connectivity index (χ1) is 8.13. The van der Waals surface area contributed by atoms with Gasteiger partial charge in [-0.05, 0) is 44.1 Å². The van der Waals surface area contributed by atoms with E-state index < -0.39 is 0 Å². The van der Waals surface area contributed by atoms with Gasteiger partial charge in [0.1, 0.15) is 0 Å². The summed E-state index contributed by atoms with van der Waals surface area (Å²) in [5, 5.41) is 0.983. The Hall–Kier alpha value is -0.760.